The lowest BCUT2D eigenvalue weighted by Gasteiger charge is -2.16. The van der Waals surface area contributed by atoms with E-state index in [0.717, 1.165) is 22.4 Å². The van der Waals surface area contributed by atoms with Gasteiger partial charge in [0.1, 0.15) is 0 Å². The van der Waals surface area contributed by atoms with Crippen LogP contribution in [0.2, 0.25) is 0 Å². The molecule has 0 spiro atoms. The summed E-state index contributed by atoms with van der Waals surface area (Å²) >= 11 is 0. The number of hydrogen-bond acceptors (Lipinski definition) is 2. The molecule has 0 atom stereocenters. The van der Waals surface area contributed by atoms with Gasteiger partial charge in [-0.2, -0.15) is 0 Å². The van der Waals surface area contributed by atoms with Gasteiger partial charge in [0, 0.05) is 17.2 Å². The number of allylic oxidation sites excluding steroid dienone is 2. The highest BCUT2D eigenvalue weighted by Gasteiger charge is 2.20. The zero-order valence-corrected chi connectivity index (χ0v) is 9.82. The fourth-order valence-electron chi connectivity index (χ4n) is 1.85. The number of nitrogens with zero attached hydrogens (tertiary/aromatic N) is 1. The number of Topliss-reactive ketones (excluding diaryl/α,β-unsaturated/α-hetero) is 1. The number of benzene rings is 1. The maximum Gasteiger partial charge on any atom is 0.189 e. The van der Waals surface area contributed by atoms with Gasteiger partial charge in [0.15, 0.2) is 5.78 Å². The summed E-state index contributed by atoms with van der Waals surface area (Å²) in [6.07, 6.45) is 1.88. The number of hydrogen-bond donors (Lipinski definition) is 0. The van der Waals surface area contributed by atoms with E-state index in [1.165, 1.54) is 0 Å². The van der Waals surface area contributed by atoms with Crippen molar-refractivity contribution in [3.8, 4) is 0 Å². The molecule has 2 heteroatoms. The van der Waals surface area contributed by atoms with E-state index >= 15 is 0 Å². The van der Waals surface area contributed by atoms with Crippen molar-refractivity contribution in [3.63, 3.8) is 0 Å². The maximum absolute atomic E-state index is 11.9. The Kier molecular flexibility index (Phi) is 2.73. The molecule has 0 bridgehead atoms. The van der Waals surface area contributed by atoms with Crippen molar-refractivity contribution in [2.45, 2.75) is 26.8 Å². The standard InChI is InChI=1S/C14H15NO/c1-9(2)15-13-8-10(3)14(16)12-7-5-4-6-11(12)13/h4-9H,1-3H3. The van der Waals surface area contributed by atoms with Crippen LogP contribution in [0.4, 0.5) is 0 Å². The lowest BCUT2D eigenvalue weighted by molar-refractivity contribution is 0.103. The number of rotatable bonds is 1. The van der Waals surface area contributed by atoms with E-state index in [2.05, 4.69) is 4.99 Å². The number of aliphatic imine (C=N–C) groups is 1. The minimum Gasteiger partial charge on any atom is -0.289 e. The third-order valence-electron chi connectivity index (χ3n) is 2.56. The molecule has 1 aliphatic carbocycles. The molecule has 2 nitrogen and oxygen atoms in total. The van der Waals surface area contributed by atoms with E-state index in [9.17, 15) is 4.79 Å². The lowest BCUT2D eigenvalue weighted by Crippen LogP contribution is -2.17. The topological polar surface area (TPSA) is 29.4 Å². The number of ketones is 1. The van der Waals surface area contributed by atoms with Gasteiger partial charge in [-0.3, -0.25) is 9.79 Å². The molecule has 0 N–H and O–H groups in total. The highest BCUT2D eigenvalue weighted by atomic mass is 16.1. The average molecular weight is 213 g/mol. The zero-order chi connectivity index (χ0) is 11.7. The van der Waals surface area contributed by atoms with E-state index in [1.807, 2.05) is 51.1 Å². The van der Waals surface area contributed by atoms with Crippen LogP contribution < -0.4 is 0 Å². The van der Waals surface area contributed by atoms with Crippen molar-refractivity contribution >= 4 is 11.5 Å². The molecule has 1 aromatic carbocycles. The van der Waals surface area contributed by atoms with Crippen molar-refractivity contribution in [2.75, 3.05) is 0 Å². The summed E-state index contributed by atoms with van der Waals surface area (Å²) in [5.41, 5.74) is 3.40. The molecule has 0 heterocycles. The summed E-state index contributed by atoms with van der Waals surface area (Å²) in [4.78, 5) is 16.5. The van der Waals surface area contributed by atoms with Gasteiger partial charge in [-0.15, -0.1) is 0 Å². The van der Waals surface area contributed by atoms with E-state index in [0.29, 0.717) is 0 Å². The quantitative estimate of drug-likeness (QED) is 0.705. The zero-order valence-electron chi connectivity index (χ0n) is 9.82. The monoisotopic (exact) mass is 213 g/mol. The molecule has 0 aromatic heterocycles. The van der Waals surface area contributed by atoms with Crippen molar-refractivity contribution < 1.29 is 4.79 Å². The Bertz CT molecular complexity index is 495. The Morgan fingerprint density at radius 3 is 2.38 bits per heavy atom. The molecule has 0 amide bonds. The summed E-state index contributed by atoms with van der Waals surface area (Å²) in [7, 11) is 0. The molecular formula is C14H15NO. The number of fused-ring (bicyclic) bond motifs is 1. The fourth-order valence-corrected chi connectivity index (χ4v) is 1.85. The van der Waals surface area contributed by atoms with Crippen molar-refractivity contribution in [1.82, 2.24) is 0 Å². The minimum atomic E-state index is 0.110. The predicted octanol–water partition coefficient (Wildman–Crippen LogP) is 3.03. The summed E-state index contributed by atoms with van der Waals surface area (Å²) in [5, 5.41) is 0. The average Bonchev–Trinajstić information content (AvgIpc) is 2.25. The molecular weight excluding hydrogens is 198 g/mol. The van der Waals surface area contributed by atoms with Crippen LogP contribution in [-0.2, 0) is 0 Å². The molecule has 1 aliphatic rings. The Morgan fingerprint density at radius 2 is 1.75 bits per heavy atom. The van der Waals surface area contributed by atoms with Crippen LogP contribution in [-0.4, -0.2) is 17.5 Å². The van der Waals surface area contributed by atoms with Crippen LogP contribution in [0.15, 0.2) is 40.9 Å². The first kappa shape index (κ1) is 10.8. The SMILES string of the molecule is CC1=CC(=NC(C)C)c2ccccc2C1=O. The fraction of sp³-hybridized carbons (Fsp3) is 0.286. The summed E-state index contributed by atoms with van der Waals surface area (Å²) < 4.78 is 0. The second-order valence-corrected chi connectivity index (χ2v) is 4.31. The smallest absolute Gasteiger partial charge is 0.189 e. The lowest BCUT2D eigenvalue weighted by atomic mass is 9.90. The first-order valence-corrected chi connectivity index (χ1v) is 5.50. The van der Waals surface area contributed by atoms with Crippen LogP contribution in [0, 0.1) is 0 Å². The van der Waals surface area contributed by atoms with E-state index < -0.39 is 0 Å². The molecule has 0 saturated heterocycles. The summed E-state index contributed by atoms with van der Waals surface area (Å²) in [5.74, 6) is 0.110. The van der Waals surface area contributed by atoms with Crippen molar-refractivity contribution in [2.24, 2.45) is 4.99 Å². The molecule has 2 rings (SSSR count). The summed E-state index contributed by atoms with van der Waals surface area (Å²) in [6, 6.07) is 7.89. The minimum absolute atomic E-state index is 0.110. The normalized spacial score (nSPS) is 17.6. The summed E-state index contributed by atoms with van der Waals surface area (Å²) in [6.45, 7) is 5.92. The molecule has 1 aromatic rings. The van der Waals surface area contributed by atoms with Crippen LogP contribution in [0.1, 0.15) is 36.7 Å². The Morgan fingerprint density at radius 1 is 1.12 bits per heavy atom. The largest absolute Gasteiger partial charge is 0.289 e. The highest BCUT2D eigenvalue weighted by molar-refractivity contribution is 6.25. The number of carbonyl (C=O) groups is 1. The molecule has 0 aliphatic heterocycles. The molecule has 82 valence electrons. The van der Waals surface area contributed by atoms with E-state index in [1.54, 1.807) is 0 Å². The Hall–Kier alpha value is -1.70. The third kappa shape index (κ3) is 1.83. The second kappa shape index (κ2) is 4.05. The Balaban J connectivity index is 2.61. The van der Waals surface area contributed by atoms with Gasteiger partial charge in [0.05, 0.1) is 5.71 Å². The van der Waals surface area contributed by atoms with Crippen molar-refractivity contribution in [3.05, 3.63) is 47.0 Å². The van der Waals surface area contributed by atoms with Gasteiger partial charge < -0.3 is 0 Å². The van der Waals surface area contributed by atoms with Gasteiger partial charge in [0.2, 0.25) is 0 Å². The molecule has 16 heavy (non-hydrogen) atoms. The van der Waals surface area contributed by atoms with Crippen molar-refractivity contribution in [1.29, 1.82) is 0 Å². The van der Waals surface area contributed by atoms with E-state index in [-0.39, 0.29) is 11.8 Å². The van der Waals surface area contributed by atoms with Gasteiger partial charge in [-0.1, -0.05) is 24.3 Å². The predicted molar refractivity (Wildman–Crippen MR) is 66.2 cm³/mol. The number of carbonyl (C=O) groups excluding carboxylic acids is 1. The Labute approximate surface area is 95.7 Å². The van der Waals surface area contributed by atoms with Crippen LogP contribution in [0.25, 0.3) is 0 Å². The third-order valence-corrected chi connectivity index (χ3v) is 2.56. The van der Waals surface area contributed by atoms with Gasteiger partial charge >= 0.3 is 0 Å². The highest BCUT2D eigenvalue weighted by Crippen LogP contribution is 2.21. The van der Waals surface area contributed by atoms with Crippen LogP contribution in [0.3, 0.4) is 0 Å². The van der Waals surface area contributed by atoms with Gasteiger partial charge in [-0.05, 0) is 32.4 Å². The second-order valence-electron chi connectivity index (χ2n) is 4.31. The molecule has 0 radical (unpaired) electrons. The van der Waals surface area contributed by atoms with Gasteiger partial charge in [0.25, 0.3) is 0 Å². The van der Waals surface area contributed by atoms with E-state index in [4.69, 9.17) is 0 Å². The molecule has 0 unspecified atom stereocenters. The van der Waals surface area contributed by atoms with Crippen LogP contribution >= 0.6 is 0 Å². The first-order chi connectivity index (χ1) is 7.59. The van der Waals surface area contributed by atoms with Gasteiger partial charge in [-0.25, -0.2) is 0 Å². The first-order valence-electron chi connectivity index (χ1n) is 5.50. The molecule has 0 saturated carbocycles. The molecule has 0 fully saturated rings. The van der Waals surface area contributed by atoms with Crippen LogP contribution in [0.5, 0.6) is 0 Å². The maximum atomic E-state index is 11.9.